The Kier molecular flexibility index (Phi) is 4.93. The van der Waals surface area contributed by atoms with Crippen LogP contribution in [0, 0.1) is 6.92 Å². The van der Waals surface area contributed by atoms with E-state index in [1.165, 1.54) is 0 Å². The van der Waals surface area contributed by atoms with E-state index in [0.717, 1.165) is 41.1 Å². The summed E-state index contributed by atoms with van der Waals surface area (Å²) < 4.78 is 2.12. The highest BCUT2D eigenvalue weighted by Crippen LogP contribution is 2.17. The smallest absolute Gasteiger partial charge is 0.271 e. The number of amides is 1. The number of imidazole rings is 1. The van der Waals surface area contributed by atoms with Crippen LogP contribution in [-0.2, 0) is 6.54 Å². The summed E-state index contributed by atoms with van der Waals surface area (Å²) in [5.74, 6) is 0.720. The number of nitrogens with zero attached hydrogens (tertiary/aromatic N) is 3. The quantitative estimate of drug-likeness (QED) is 0.568. The molecule has 0 atom stereocenters. The highest BCUT2D eigenvalue weighted by molar-refractivity contribution is 6.02. The van der Waals surface area contributed by atoms with Gasteiger partial charge in [0, 0.05) is 12.1 Å². The summed E-state index contributed by atoms with van der Waals surface area (Å²) >= 11 is 0. The average Bonchev–Trinajstić information content (AvgIpc) is 2.97. The van der Waals surface area contributed by atoms with E-state index in [0.29, 0.717) is 5.56 Å². The van der Waals surface area contributed by atoms with Gasteiger partial charge in [0.05, 0.1) is 16.7 Å². The Balaban J connectivity index is 1.83. The minimum Gasteiger partial charge on any atom is -0.329 e. The van der Waals surface area contributed by atoms with Gasteiger partial charge >= 0.3 is 0 Å². The van der Waals surface area contributed by atoms with Gasteiger partial charge in [0.25, 0.3) is 5.91 Å². The highest BCUT2D eigenvalue weighted by atomic mass is 16.2. The third-order valence-corrected chi connectivity index (χ3v) is 4.25. The third kappa shape index (κ3) is 3.45. The van der Waals surface area contributed by atoms with Crippen molar-refractivity contribution in [2.75, 3.05) is 0 Å². The first-order valence-electron chi connectivity index (χ1n) is 8.53. The molecule has 0 aliphatic rings. The molecule has 5 nitrogen and oxygen atoms in total. The lowest BCUT2D eigenvalue weighted by Gasteiger charge is -2.06. The molecule has 0 saturated heterocycles. The fourth-order valence-corrected chi connectivity index (χ4v) is 2.95. The van der Waals surface area contributed by atoms with Gasteiger partial charge in [0.2, 0.25) is 0 Å². The van der Waals surface area contributed by atoms with Crippen molar-refractivity contribution in [1.29, 1.82) is 0 Å². The molecule has 1 N–H and O–H groups in total. The molecule has 0 unspecified atom stereocenters. The zero-order chi connectivity index (χ0) is 17.8. The molecule has 3 aromatic rings. The molecule has 25 heavy (non-hydrogen) atoms. The number of benzene rings is 2. The molecule has 1 aromatic heterocycles. The summed E-state index contributed by atoms with van der Waals surface area (Å²) in [5.41, 5.74) is 6.95. The molecule has 0 bridgehead atoms. The zero-order valence-corrected chi connectivity index (χ0v) is 14.8. The number of rotatable bonds is 5. The monoisotopic (exact) mass is 334 g/mol. The van der Waals surface area contributed by atoms with Crippen LogP contribution in [0.15, 0.2) is 53.6 Å². The molecule has 0 saturated carbocycles. The molecule has 5 heteroatoms. The first-order chi connectivity index (χ1) is 12.1. The normalized spacial score (nSPS) is 11.7. The number of hydrogen-bond acceptors (Lipinski definition) is 3. The van der Waals surface area contributed by atoms with Gasteiger partial charge in [0.1, 0.15) is 5.82 Å². The van der Waals surface area contributed by atoms with E-state index in [-0.39, 0.29) is 5.91 Å². The number of nitrogens with one attached hydrogen (secondary N) is 1. The van der Waals surface area contributed by atoms with E-state index in [1.807, 2.05) is 62.4 Å². The van der Waals surface area contributed by atoms with E-state index in [4.69, 9.17) is 0 Å². The summed E-state index contributed by atoms with van der Waals surface area (Å²) in [6, 6.07) is 15.4. The van der Waals surface area contributed by atoms with Gasteiger partial charge in [-0.3, -0.25) is 4.79 Å². The van der Waals surface area contributed by atoms with Gasteiger partial charge in [0.15, 0.2) is 0 Å². The number of hydrogen-bond donors (Lipinski definition) is 1. The van der Waals surface area contributed by atoms with Crippen LogP contribution in [0.2, 0.25) is 0 Å². The van der Waals surface area contributed by atoms with Gasteiger partial charge in [-0.15, -0.1) is 0 Å². The van der Waals surface area contributed by atoms with Gasteiger partial charge in [-0.05, 0) is 44.0 Å². The minimum absolute atomic E-state index is 0.229. The van der Waals surface area contributed by atoms with Crippen LogP contribution in [0.1, 0.15) is 42.0 Å². The van der Waals surface area contributed by atoms with E-state index in [9.17, 15) is 4.79 Å². The Bertz CT molecular complexity index is 926. The van der Waals surface area contributed by atoms with E-state index >= 15 is 0 Å². The van der Waals surface area contributed by atoms with Crippen molar-refractivity contribution in [3.63, 3.8) is 0 Å². The van der Waals surface area contributed by atoms with Crippen molar-refractivity contribution in [3.05, 3.63) is 65.5 Å². The van der Waals surface area contributed by atoms with Crippen LogP contribution < -0.4 is 5.43 Å². The van der Waals surface area contributed by atoms with Crippen molar-refractivity contribution >= 4 is 22.7 Å². The maximum Gasteiger partial charge on any atom is 0.271 e. The standard InChI is InChI=1S/C20H22N4O/c1-4-17(15-9-7-6-8-10-15)22-23-20(25)16-11-12-19-18(13-16)21-14(3)24(19)5-2/h6-13H,4-5H2,1-3H3,(H,23,25). The van der Waals surface area contributed by atoms with Crippen LogP contribution >= 0.6 is 0 Å². The van der Waals surface area contributed by atoms with E-state index in [1.54, 1.807) is 0 Å². The molecule has 0 aliphatic carbocycles. The largest absolute Gasteiger partial charge is 0.329 e. The Hall–Kier alpha value is -2.95. The second-order valence-corrected chi connectivity index (χ2v) is 5.83. The van der Waals surface area contributed by atoms with Crippen molar-refractivity contribution in [3.8, 4) is 0 Å². The molecular weight excluding hydrogens is 312 g/mol. The fourth-order valence-electron chi connectivity index (χ4n) is 2.95. The van der Waals surface area contributed by atoms with Crippen LogP contribution in [-0.4, -0.2) is 21.2 Å². The predicted octanol–water partition coefficient (Wildman–Crippen LogP) is 3.91. The Labute approximate surface area is 147 Å². The van der Waals surface area contributed by atoms with Crippen molar-refractivity contribution in [1.82, 2.24) is 15.0 Å². The Morgan fingerprint density at radius 2 is 1.88 bits per heavy atom. The highest BCUT2D eigenvalue weighted by Gasteiger charge is 2.11. The molecule has 3 rings (SSSR count). The molecule has 2 aromatic carbocycles. The van der Waals surface area contributed by atoms with Crippen molar-refractivity contribution < 1.29 is 4.79 Å². The number of fused-ring (bicyclic) bond motifs is 1. The average molecular weight is 334 g/mol. The minimum atomic E-state index is -0.229. The summed E-state index contributed by atoms with van der Waals surface area (Å²) in [5, 5.41) is 4.30. The van der Waals surface area contributed by atoms with Crippen LogP contribution in [0.4, 0.5) is 0 Å². The first-order valence-corrected chi connectivity index (χ1v) is 8.53. The molecular formula is C20H22N4O. The summed E-state index contributed by atoms with van der Waals surface area (Å²) in [6.07, 6.45) is 0.740. The second-order valence-electron chi connectivity index (χ2n) is 5.83. The number of aromatic nitrogens is 2. The Morgan fingerprint density at radius 1 is 1.12 bits per heavy atom. The molecule has 0 spiro atoms. The molecule has 1 heterocycles. The van der Waals surface area contributed by atoms with E-state index in [2.05, 4.69) is 27.0 Å². The lowest BCUT2D eigenvalue weighted by Crippen LogP contribution is -2.20. The Morgan fingerprint density at radius 3 is 2.56 bits per heavy atom. The van der Waals surface area contributed by atoms with Crippen LogP contribution in [0.25, 0.3) is 11.0 Å². The SMILES string of the molecule is CCC(=NNC(=O)c1ccc2c(c1)nc(C)n2CC)c1ccccc1. The van der Waals surface area contributed by atoms with Crippen molar-refractivity contribution in [2.24, 2.45) is 5.10 Å². The predicted molar refractivity (Wildman–Crippen MR) is 101 cm³/mol. The first kappa shape index (κ1) is 16.9. The molecule has 0 fully saturated rings. The number of carbonyl (C=O) groups is 1. The molecule has 0 aliphatic heterocycles. The van der Waals surface area contributed by atoms with Crippen LogP contribution in [0.3, 0.4) is 0 Å². The lowest BCUT2D eigenvalue weighted by molar-refractivity contribution is 0.0955. The summed E-state index contributed by atoms with van der Waals surface area (Å²) in [4.78, 5) is 17.0. The maximum atomic E-state index is 12.4. The zero-order valence-electron chi connectivity index (χ0n) is 14.8. The maximum absolute atomic E-state index is 12.4. The molecule has 0 radical (unpaired) electrons. The molecule has 128 valence electrons. The van der Waals surface area contributed by atoms with Gasteiger partial charge < -0.3 is 4.57 Å². The van der Waals surface area contributed by atoms with Gasteiger partial charge in [-0.1, -0.05) is 37.3 Å². The lowest BCUT2D eigenvalue weighted by atomic mass is 10.1. The van der Waals surface area contributed by atoms with Crippen LogP contribution in [0.5, 0.6) is 0 Å². The topological polar surface area (TPSA) is 59.3 Å². The number of carbonyl (C=O) groups excluding carboxylic acids is 1. The second kappa shape index (κ2) is 7.30. The fraction of sp³-hybridized carbons (Fsp3) is 0.250. The van der Waals surface area contributed by atoms with Gasteiger partial charge in [-0.25, -0.2) is 10.4 Å². The van der Waals surface area contributed by atoms with Crippen molar-refractivity contribution in [2.45, 2.75) is 33.7 Å². The number of hydrazone groups is 1. The molecule has 1 amide bonds. The van der Waals surface area contributed by atoms with E-state index < -0.39 is 0 Å². The third-order valence-electron chi connectivity index (χ3n) is 4.25. The summed E-state index contributed by atoms with van der Waals surface area (Å²) in [7, 11) is 0. The number of aryl methyl sites for hydroxylation is 2. The van der Waals surface area contributed by atoms with Gasteiger partial charge in [-0.2, -0.15) is 5.10 Å². The summed E-state index contributed by atoms with van der Waals surface area (Å²) in [6.45, 7) is 6.93.